The van der Waals surface area contributed by atoms with Crippen molar-refractivity contribution in [2.75, 3.05) is 0 Å². The lowest BCUT2D eigenvalue weighted by molar-refractivity contribution is -0.385. The zero-order valence-corrected chi connectivity index (χ0v) is 9.12. The Morgan fingerprint density at radius 3 is 2.76 bits per heavy atom. The fraction of sp³-hybridized carbons (Fsp3) is 0.0833. The van der Waals surface area contributed by atoms with E-state index in [1.807, 2.05) is 6.07 Å². The molecule has 0 atom stereocenters. The predicted octanol–water partition coefficient (Wildman–Crippen LogP) is 2.57. The van der Waals surface area contributed by atoms with Gasteiger partial charge in [-0.15, -0.1) is 0 Å². The largest absolute Gasteiger partial charge is 0.308 e. The Hall–Kier alpha value is -2.61. The summed E-state index contributed by atoms with van der Waals surface area (Å²) >= 11 is 0. The van der Waals surface area contributed by atoms with Crippen molar-refractivity contribution < 1.29 is 4.92 Å². The van der Waals surface area contributed by atoms with Crippen molar-refractivity contribution in [3.63, 3.8) is 0 Å². The maximum absolute atomic E-state index is 10.8. The van der Waals surface area contributed by atoms with Crippen LogP contribution in [0, 0.1) is 28.4 Å². The molecule has 0 bridgehead atoms. The number of nitro groups is 1. The van der Waals surface area contributed by atoms with E-state index >= 15 is 0 Å². The maximum atomic E-state index is 10.8. The molecule has 0 unspecified atom stereocenters. The Morgan fingerprint density at radius 1 is 1.35 bits per heavy atom. The van der Waals surface area contributed by atoms with Gasteiger partial charge in [-0.1, -0.05) is 6.07 Å². The van der Waals surface area contributed by atoms with Crippen LogP contribution in [0.15, 0.2) is 36.5 Å². The molecule has 1 aromatic heterocycles. The summed E-state index contributed by atoms with van der Waals surface area (Å²) in [6.45, 7) is 1.68. The topological polar surface area (TPSA) is 71.9 Å². The van der Waals surface area contributed by atoms with Gasteiger partial charge < -0.3 is 4.57 Å². The van der Waals surface area contributed by atoms with Crippen molar-refractivity contribution in [1.82, 2.24) is 4.57 Å². The first-order valence-corrected chi connectivity index (χ1v) is 4.97. The van der Waals surface area contributed by atoms with Gasteiger partial charge >= 0.3 is 0 Å². The van der Waals surface area contributed by atoms with Crippen molar-refractivity contribution >= 4 is 5.69 Å². The van der Waals surface area contributed by atoms with Gasteiger partial charge in [-0.3, -0.25) is 10.1 Å². The van der Waals surface area contributed by atoms with Crippen LogP contribution < -0.4 is 0 Å². The third kappa shape index (κ3) is 1.76. The second-order valence-corrected chi connectivity index (χ2v) is 3.55. The Balaban J connectivity index is 2.66. The third-order valence-electron chi connectivity index (χ3n) is 2.60. The minimum absolute atomic E-state index is 0.0556. The van der Waals surface area contributed by atoms with E-state index in [-0.39, 0.29) is 5.69 Å². The molecule has 84 valence electrons. The molecule has 5 heteroatoms. The Bertz CT molecular complexity index is 623. The molecule has 0 aliphatic rings. The molecule has 1 aromatic carbocycles. The van der Waals surface area contributed by atoms with Crippen LogP contribution in [0.4, 0.5) is 5.69 Å². The van der Waals surface area contributed by atoms with Gasteiger partial charge in [-0.2, -0.15) is 5.26 Å². The molecule has 2 rings (SSSR count). The minimum Gasteiger partial charge on any atom is -0.308 e. The zero-order chi connectivity index (χ0) is 12.4. The van der Waals surface area contributed by atoms with E-state index in [0.717, 1.165) is 0 Å². The van der Waals surface area contributed by atoms with Gasteiger partial charge in [-0.25, -0.2) is 0 Å². The van der Waals surface area contributed by atoms with E-state index in [2.05, 4.69) is 0 Å². The average Bonchev–Trinajstić information content (AvgIpc) is 2.76. The minimum atomic E-state index is -0.422. The highest BCUT2D eigenvalue weighted by Crippen LogP contribution is 2.25. The molecule has 5 nitrogen and oxygen atoms in total. The van der Waals surface area contributed by atoms with Gasteiger partial charge in [0.25, 0.3) is 5.69 Å². The number of hydrogen-bond acceptors (Lipinski definition) is 3. The summed E-state index contributed by atoms with van der Waals surface area (Å²) in [5, 5.41) is 19.8. The summed E-state index contributed by atoms with van der Waals surface area (Å²) in [4.78, 5) is 10.4. The summed E-state index contributed by atoms with van der Waals surface area (Å²) in [6, 6.07) is 10.3. The van der Waals surface area contributed by atoms with Gasteiger partial charge in [0, 0.05) is 12.3 Å². The third-order valence-corrected chi connectivity index (χ3v) is 2.60. The van der Waals surface area contributed by atoms with Crippen molar-refractivity contribution in [3.8, 4) is 11.8 Å². The molecule has 0 radical (unpaired) electrons. The zero-order valence-electron chi connectivity index (χ0n) is 9.12. The van der Waals surface area contributed by atoms with Gasteiger partial charge in [0.05, 0.1) is 16.2 Å². The number of nitriles is 1. The molecule has 17 heavy (non-hydrogen) atoms. The number of nitrogens with zero attached hydrogens (tertiary/aromatic N) is 3. The molecule has 0 saturated carbocycles. The van der Waals surface area contributed by atoms with Crippen LogP contribution in [0.3, 0.4) is 0 Å². The second kappa shape index (κ2) is 4.10. The molecule has 0 aliphatic carbocycles. The summed E-state index contributed by atoms with van der Waals surface area (Å²) in [5.74, 6) is 0. The van der Waals surface area contributed by atoms with Crippen molar-refractivity contribution in [2.45, 2.75) is 6.92 Å². The monoisotopic (exact) mass is 227 g/mol. The molecule has 0 fully saturated rings. The van der Waals surface area contributed by atoms with E-state index in [1.54, 1.807) is 42.0 Å². The fourth-order valence-electron chi connectivity index (χ4n) is 1.75. The van der Waals surface area contributed by atoms with Crippen LogP contribution in [-0.4, -0.2) is 9.49 Å². The molecule has 0 saturated heterocycles. The van der Waals surface area contributed by atoms with Gasteiger partial charge in [0.15, 0.2) is 0 Å². The molecule has 0 N–H and O–H groups in total. The lowest BCUT2D eigenvalue weighted by Gasteiger charge is -2.08. The second-order valence-electron chi connectivity index (χ2n) is 3.55. The first-order valence-electron chi connectivity index (χ1n) is 4.97. The molecule has 1 heterocycles. The Morgan fingerprint density at radius 2 is 2.12 bits per heavy atom. The average molecular weight is 227 g/mol. The van der Waals surface area contributed by atoms with Crippen LogP contribution in [0.1, 0.15) is 11.3 Å². The lowest BCUT2D eigenvalue weighted by atomic mass is 10.1. The number of benzene rings is 1. The van der Waals surface area contributed by atoms with E-state index < -0.39 is 4.92 Å². The number of rotatable bonds is 2. The smallest absolute Gasteiger partial charge is 0.274 e. The van der Waals surface area contributed by atoms with Crippen LogP contribution in [0.25, 0.3) is 5.69 Å². The first-order chi connectivity index (χ1) is 8.15. The van der Waals surface area contributed by atoms with Gasteiger partial charge in [0.2, 0.25) is 0 Å². The predicted molar refractivity (Wildman–Crippen MR) is 61.9 cm³/mol. The molecule has 2 aromatic rings. The van der Waals surface area contributed by atoms with Crippen molar-refractivity contribution in [2.24, 2.45) is 0 Å². The van der Waals surface area contributed by atoms with E-state index in [9.17, 15) is 10.1 Å². The first kappa shape index (κ1) is 10.9. The van der Waals surface area contributed by atoms with E-state index in [4.69, 9.17) is 5.26 Å². The Labute approximate surface area is 97.7 Å². The quantitative estimate of drug-likeness (QED) is 0.584. The molecule has 0 aliphatic heterocycles. The Kier molecular flexibility index (Phi) is 2.63. The van der Waals surface area contributed by atoms with E-state index in [1.165, 1.54) is 6.07 Å². The van der Waals surface area contributed by atoms with Crippen LogP contribution in [0.2, 0.25) is 0 Å². The number of aromatic nitrogens is 1. The van der Waals surface area contributed by atoms with Crippen LogP contribution >= 0.6 is 0 Å². The SMILES string of the molecule is Cc1c(-n2cccc2C#N)cccc1[N+](=O)[O-]. The van der Waals surface area contributed by atoms with Gasteiger partial charge in [-0.05, 0) is 25.1 Å². The lowest BCUT2D eigenvalue weighted by Crippen LogP contribution is -2.01. The molecule has 0 amide bonds. The highest BCUT2D eigenvalue weighted by molar-refractivity contribution is 5.54. The van der Waals surface area contributed by atoms with Crippen LogP contribution in [0.5, 0.6) is 0 Å². The maximum Gasteiger partial charge on any atom is 0.274 e. The summed E-state index contributed by atoms with van der Waals surface area (Å²) in [7, 11) is 0. The van der Waals surface area contributed by atoms with Crippen molar-refractivity contribution in [1.29, 1.82) is 5.26 Å². The summed E-state index contributed by atoms with van der Waals surface area (Å²) < 4.78 is 1.64. The summed E-state index contributed by atoms with van der Waals surface area (Å²) in [5.41, 5.74) is 1.71. The van der Waals surface area contributed by atoms with Crippen LogP contribution in [-0.2, 0) is 0 Å². The van der Waals surface area contributed by atoms with E-state index in [0.29, 0.717) is 16.9 Å². The standard InChI is InChI=1S/C12H9N3O2/c1-9-11(5-2-6-12(9)15(16)17)14-7-3-4-10(14)8-13/h2-7H,1H3. The van der Waals surface area contributed by atoms with Crippen molar-refractivity contribution in [3.05, 3.63) is 57.9 Å². The normalized spacial score (nSPS) is 9.88. The number of hydrogen-bond donors (Lipinski definition) is 0. The fourth-order valence-corrected chi connectivity index (χ4v) is 1.75. The van der Waals surface area contributed by atoms with Gasteiger partial charge in [0.1, 0.15) is 11.8 Å². The number of nitro benzene ring substituents is 1. The highest BCUT2D eigenvalue weighted by atomic mass is 16.6. The highest BCUT2D eigenvalue weighted by Gasteiger charge is 2.15. The molecule has 0 spiro atoms. The summed E-state index contributed by atoms with van der Waals surface area (Å²) in [6.07, 6.45) is 1.71. The molecular formula is C12H9N3O2. The molecular weight excluding hydrogens is 218 g/mol.